The Morgan fingerprint density at radius 1 is 0.680 bits per heavy atom. The zero-order chi connectivity index (χ0) is 72.8. The second-order valence-electron chi connectivity index (χ2n) is 24.3. The van der Waals surface area contributed by atoms with Crippen molar-refractivity contribution in [3.05, 3.63) is 142 Å². The number of rotatable bonds is 14. The number of hydrogen-bond donors (Lipinski definition) is 4. The van der Waals surface area contributed by atoms with Gasteiger partial charge in [-0.1, -0.05) is 49.4 Å². The summed E-state index contributed by atoms with van der Waals surface area (Å²) in [6.45, 7) is 7.59. The molecule has 7 aromatic heterocycles. The molecule has 7 atom stereocenters. The number of ether oxygens (including phenoxy) is 6. The van der Waals surface area contributed by atoms with Crippen molar-refractivity contribution in [3.8, 4) is 49.1 Å². The van der Waals surface area contributed by atoms with Gasteiger partial charge in [-0.3, -0.25) is 43.7 Å². The number of benzene rings is 2. The minimum atomic E-state index is -1.36. The summed E-state index contributed by atoms with van der Waals surface area (Å²) in [5.41, 5.74) is 8.56. The topological polar surface area (TPSA) is 382 Å². The van der Waals surface area contributed by atoms with Crippen molar-refractivity contribution in [1.82, 2.24) is 50.4 Å². The number of pyridine rings is 1. The van der Waals surface area contributed by atoms with E-state index in [4.69, 9.17) is 64.1 Å². The van der Waals surface area contributed by atoms with E-state index in [1.807, 2.05) is 6.92 Å². The molecule has 9 heterocycles. The minimum absolute atomic E-state index is 0.0209. The highest BCUT2D eigenvalue weighted by molar-refractivity contribution is 7.15. The number of hydrogen-bond acceptors (Lipinski definition) is 29. The molecule has 2 aromatic carbocycles. The van der Waals surface area contributed by atoms with Crippen molar-refractivity contribution in [2.24, 2.45) is 17.6 Å². The third kappa shape index (κ3) is 17.0. The number of anilines is 1. The van der Waals surface area contributed by atoms with Gasteiger partial charge in [-0.2, -0.15) is 0 Å². The predicted molar refractivity (Wildman–Crippen MR) is 380 cm³/mol. The maximum Gasteiger partial charge on any atom is 0.513 e. The summed E-state index contributed by atoms with van der Waals surface area (Å²) >= 11 is 6.88. The lowest BCUT2D eigenvalue weighted by Gasteiger charge is -2.29. The Balaban J connectivity index is 0.941. The van der Waals surface area contributed by atoms with Crippen LogP contribution >= 0.6 is 68.0 Å². The fourth-order valence-corrected chi connectivity index (χ4v) is 17.7. The summed E-state index contributed by atoms with van der Waals surface area (Å²) < 4.78 is 32.8. The van der Waals surface area contributed by atoms with Crippen molar-refractivity contribution in [1.29, 1.82) is 0 Å². The van der Waals surface area contributed by atoms with Gasteiger partial charge >= 0.3 is 30.2 Å². The first-order valence-electron chi connectivity index (χ1n) is 32.5. The molecule has 2 fully saturated rings. The van der Waals surface area contributed by atoms with Crippen LogP contribution < -0.4 is 26.4 Å². The number of carbonyl (C=O) groups is 10. The van der Waals surface area contributed by atoms with Gasteiger partial charge in [-0.15, -0.1) is 68.0 Å². The largest absolute Gasteiger partial charge is 0.513 e. The lowest BCUT2D eigenvalue weighted by atomic mass is 9.87. The number of esters is 3. The maximum absolute atomic E-state index is 15.7. The number of carbonyl (C=O) groups excluding carboxylic acids is 10. The van der Waals surface area contributed by atoms with Gasteiger partial charge in [0.05, 0.1) is 56.3 Å². The Labute approximate surface area is 612 Å². The van der Waals surface area contributed by atoms with Crippen LogP contribution in [0.15, 0.2) is 93.6 Å². The number of fused-ring (bicyclic) bond motifs is 16. The number of ketones is 1. The van der Waals surface area contributed by atoms with Gasteiger partial charge in [-0.05, 0) is 74.9 Å². The lowest BCUT2D eigenvalue weighted by molar-refractivity contribution is -0.148. The predicted octanol–water partition coefficient (Wildman–Crippen LogP) is 11.4. The van der Waals surface area contributed by atoms with Crippen LogP contribution in [0, 0.1) is 18.8 Å². The number of aromatic nitrogens is 7. The molecule has 0 spiro atoms. The van der Waals surface area contributed by atoms with Crippen LogP contribution in [-0.4, -0.2) is 138 Å². The molecule has 0 radical (unpaired) electrons. The highest BCUT2D eigenvalue weighted by atomic mass is 32.1. The van der Waals surface area contributed by atoms with Crippen LogP contribution in [0.1, 0.15) is 153 Å². The molecule has 1 aliphatic carbocycles. The summed E-state index contributed by atoms with van der Waals surface area (Å²) in [6.07, 6.45) is -2.97. The molecule has 9 aromatic rings. The second-order valence-corrected chi connectivity index (χ2v) is 29.9. The summed E-state index contributed by atoms with van der Waals surface area (Å²) in [7, 11) is 1.35. The van der Waals surface area contributed by atoms with E-state index in [0.29, 0.717) is 90.1 Å². The standard InChI is InChI=1S/C69H66N12O16S6/c1-7-93-69(91)97-40-17-13-36(14-18-40)23-45-66(88)81-26-51(94-34(4)82)32(2)56(81)65-77-49(30-101-65)63-74-46(27-100-63)55-41(21-22-43(71-55)62-78-53(31-102-62)79-68(90)96-39-19-15-38(16-20-39)67(89)92-6)60-75-47(28-98-60)58(86)72-44(25-52(70)85)64-80-54(33(3)103-64)50(84)24-42(61-76-48(29-99-61)59(87)73-45)57(95-35(5)83)37-11-9-8-10-12-37/h8-14,17-18,21-22,27-32,38-39,42,44-45,51,56-57H,7,15-16,19-20,23-26H2,1-6H3,(H2,70,85)(H,72,86)(H,73,87)(H,79,90)/t32-,38?,39?,42-,44-,45-,51-,56-,57+/m0/s1. The Morgan fingerprint density at radius 2 is 1.34 bits per heavy atom. The van der Waals surface area contributed by atoms with E-state index in [0.717, 1.165) is 34.0 Å². The number of thiazole rings is 6. The van der Waals surface area contributed by atoms with E-state index in [9.17, 15) is 38.4 Å². The van der Waals surface area contributed by atoms with Crippen LogP contribution in [-0.2, 0) is 54.1 Å². The summed E-state index contributed by atoms with van der Waals surface area (Å²) in [5, 5.41) is 18.7. The zero-order valence-electron chi connectivity index (χ0n) is 55.9. The van der Waals surface area contributed by atoms with E-state index in [2.05, 4.69) is 20.9 Å². The van der Waals surface area contributed by atoms with Crippen LogP contribution in [0.25, 0.3) is 43.4 Å². The summed E-state index contributed by atoms with van der Waals surface area (Å²) in [6, 6.07) is 15.1. The highest BCUT2D eigenvalue weighted by Crippen LogP contribution is 2.45. The van der Waals surface area contributed by atoms with E-state index in [-0.39, 0.29) is 70.1 Å². The monoisotopic (exact) mass is 1510 g/mol. The van der Waals surface area contributed by atoms with E-state index in [1.165, 1.54) is 82.8 Å². The van der Waals surface area contributed by atoms with Gasteiger partial charge in [0.1, 0.15) is 100 Å². The van der Waals surface area contributed by atoms with Gasteiger partial charge in [-0.25, -0.2) is 44.5 Å². The summed E-state index contributed by atoms with van der Waals surface area (Å²) in [4.78, 5) is 173. The summed E-state index contributed by atoms with van der Waals surface area (Å²) in [5.74, 6) is -6.51. The number of aryl methyl sites for hydroxylation is 1. The third-order valence-corrected chi connectivity index (χ3v) is 22.8. The van der Waals surface area contributed by atoms with Crippen molar-refractivity contribution in [2.75, 3.05) is 25.6 Å². The fraction of sp³-hybridized carbons (Fsp3) is 0.348. The van der Waals surface area contributed by atoms with Crippen molar-refractivity contribution in [3.63, 3.8) is 0 Å². The molecule has 5 N–H and O–H groups in total. The molecule has 1 saturated heterocycles. The molecule has 1 saturated carbocycles. The highest BCUT2D eigenvalue weighted by Gasteiger charge is 2.48. The average Bonchev–Trinajstić information content (AvgIpc) is 1.64. The molecule has 12 rings (SSSR count). The van der Waals surface area contributed by atoms with Crippen LogP contribution in [0.4, 0.5) is 15.4 Å². The van der Waals surface area contributed by atoms with Crippen molar-refractivity contribution >= 4 is 133 Å². The Morgan fingerprint density at radius 3 is 2.06 bits per heavy atom. The first-order valence-corrected chi connectivity index (χ1v) is 37.7. The number of primary amides is 1. The normalized spacial score (nSPS) is 20.3. The maximum atomic E-state index is 15.7. The first-order chi connectivity index (χ1) is 49.6. The van der Waals surface area contributed by atoms with Crippen LogP contribution in [0.2, 0.25) is 0 Å². The Bertz CT molecular complexity index is 4690. The number of nitrogens with two attached hydrogens (primary N) is 1. The molecule has 28 nitrogen and oxygen atoms in total. The number of Topliss-reactive ketones (excluding diaryl/α,β-unsaturated/α-hetero) is 1. The number of amides is 5. The first kappa shape index (κ1) is 72.7. The van der Waals surface area contributed by atoms with E-state index < -0.39 is 115 Å². The Hall–Kier alpha value is -10.1. The molecule has 103 heavy (non-hydrogen) atoms. The van der Waals surface area contributed by atoms with Crippen LogP contribution in [0.3, 0.4) is 0 Å². The van der Waals surface area contributed by atoms with Crippen LogP contribution in [0.5, 0.6) is 5.75 Å². The third-order valence-electron chi connectivity index (χ3n) is 17.2. The van der Waals surface area contributed by atoms with Crippen molar-refractivity contribution in [2.45, 2.75) is 122 Å². The molecule has 3 aliphatic rings. The molecule has 534 valence electrons. The van der Waals surface area contributed by atoms with Gasteiger partial charge < -0.3 is 49.7 Å². The quantitative estimate of drug-likeness (QED) is 0.0446. The van der Waals surface area contributed by atoms with Crippen molar-refractivity contribution < 1.29 is 76.4 Å². The van der Waals surface area contributed by atoms with Gasteiger partial charge in [0.15, 0.2) is 5.78 Å². The Kier molecular flexibility index (Phi) is 22.6. The van der Waals surface area contributed by atoms with E-state index in [1.54, 1.807) is 84.6 Å². The lowest BCUT2D eigenvalue weighted by Crippen LogP contribution is -2.50. The van der Waals surface area contributed by atoms with Gasteiger partial charge in [0.2, 0.25) is 11.8 Å². The molecule has 10 bridgehead atoms. The smallest absolute Gasteiger partial charge is 0.469 e. The van der Waals surface area contributed by atoms with Gasteiger partial charge in [0.25, 0.3) is 11.8 Å². The number of nitrogens with zero attached hydrogens (tertiary/aromatic N) is 8. The number of methoxy groups -OCH3 is 1. The van der Waals surface area contributed by atoms with E-state index >= 15 is 9.59 Å². The zero-order valence-corrected chi connectivity index (χ0v) is 60.8. The molecular formula is C69H66N12O16S6. The SMILES string of the molecule is CCOC(=O)Oc1ccc(C[C@@H]2NC(=O)c3csc(n3)[C@H]([C@H](OC(C)=O)c3ccccc3)CC(=O)c3nc(sc3C)[C@H](CC(N)=O)NC(=O)c3csc(n3)-c3ccc(-c4nc(NC(=O)OC5CCC(C(=O)OC)CC5)cs4)nc3-c3csc(n3)-c3csc(n3)[C@@H]3[C@@H](C)[C@@H](OC(C)=O)CN3C2=O)cc1. The fourth-order valence-electron chi connectivity index (χ4n) is 12.3. The molecule has 2 aliphatic heterocycles. The number of nitrogens with one attached hydrogen (secondary N) is 3. The molecular weight excluding hydrogens is 1450 g/mol. The molecule has 5 amide bonds. The van der Waals surface area contributed by atoms with Gasteiger partial charge in [0, 0.05) is 69.9 Å². The molecule has 0 unspecified atom stereocenters. The second kappa shape index (κ2) is 32.0. The average molecular weight is 1510 g/mol. The molecule has 34 heteroatoms. The minimum Gasteiger partial charge on any atom is -0.469 e.